The van der Waals surface area contributed by atoms with Crippen molar-refractivity contribution in [3.05, 3.63) is 48.4 Å². The third-order valence-corrected chi connectivity index (χ3v) is 4.15. The van der Waals surface area contributed by atoms with Crippen LogP contribution in [0, 0.1) is 10.1 Å². The van der Waals surface area contributed by atoms with Crippen LogP contribution in [0.15, 0.2) is 18.3 Å². The average Bonchev–Trinajstić information content (AvgIpc) is 2.91. The number of nitrogens with zero attached hydrogens (tertiary/aromatic N) is 2. The zero-order valence-electron chi connectivity index (χ0n) is 11.8. The van der Waals surface area contributed by atoms with Gasteiger partial charge in [0.05, 0.1) is 28.7 Å². The lowest BCUT2D eigenvalue weighted by atomic mass is 10.1. The molecule has 7 nitrogen and oxygen atoms in total. The molecule has 0 spiro atoms. The molecule has 0 aliphatic carbocycles. The van der Waals surface area contributed by atoms with Gasteiger partial charge in [-0.15, -0.1) is 11.3 Å². The molecule has 0 atom stereocenters. The predicted octanol–water partition coefficient (Wildman–Crippen LogP) is 4.15. The molecule has 1 N–H and O–H groups in total. The minimum absolute atomic E-state index is 0.0231. The number of ether oxygens (including phenoxy) is 1. The summed E-state index contributed by atoms with van der Waals surface area (Å²) in [6.45, 7) is 2.07. The maximum absolute atomic E-state index is 11.7. The van der Waals surface area contributed by atoms with Gasteiger partial charge < -0.3 is 10.1 Å². The van der Waals surface area contributed by atoms with Gasteiger partial charge in [0, 0.05) is 17.1 Å². The van der Waals surface area contributed by atoms with E-state index in [9.17, 15) is 14.9 Å². The molecule has 0 unspecified atom stereocenters. The molecule has 0 amide bonds. The monoisotopic (exact) mass is 375 g/mol. The van der Waals surface area contributed by atoms with E-state index in [2.05, 4.69) is 10.3 Å². The van der Waals surface area contributed by atoms with Crippen molar-refractivity contribution in [1.29, 1.82) is 0 Å². The molecule has 2 aromatic rings. The molecule has 2 rings (SSSR count). The van der Waals surface area contributed by atoms with Crippen LogP contribution < -0.4 is 5.32 Å². The SMILES string of the molecule is CCOC(=O)c1cc(Cl)c(NCc2cnc(Cl)s2)c([N+](=O)[O-])c1. The van der Waals surface area contributed by atoms with E-state index in [0.29, 0.717) is 4.47 Å². The largest absolute Gasteiger partial charge is 0.462 e. The normalized spacial score (nSPS) is 10.4. The van der Waals surface area contributed by atoms with Gasteiger partial charge in [0.2, 0.25) is 0 Å². The number of nitro benzene ring substituents is 1. The van der Waals surface area contributed by atoms with E-state index in [1.807, 2.05) is 0 Å². The third kappa shape index (κ3) is 4.31. The molecule has 0 aliphatic rings. The fourth-order valence-corrected chi connectivity index (χ4v) is 2.98. The molecule has 0 fully saturated rings. The lowest BCUT2D eigenvalue weighted by Crippen LogP contribution is -2.08. The lowest BCUT2D eigenvalue weighted by Gasteiger charge is -2.10. The first-order chi connectivity index (χ1) is 10.9. The number of aromatic nitrogens is 1. The van der Waals surface area contributed by atoms with E-state index in [4.69, 9.17) is 27.9 Å². The second-order valence-corrected chi connectivity index (χ2v) is 6.37. The van der Waals surface area contributed by atoms with Crippen molar-refractivity contribution in [3.63, 3.8) is 0 Å². The molecule has 23 heavy (non-hydrogen) atoms. The zero-order chi connectivity index (χ0) is 17.0. The Morgan fingerprint density at radius 3 is 2.78 bits per heavy atom. The van der Waals surface area contributed by atoms with Crippen molar-refractivity contribution < 1.29 is 14.5 Å². The average molecular weight is 376 g/mol. The number of hydrogen-bond donors (Lipinski definition) is 1. The Balaban J connectivity index is 2.30. The number of carbonyl (C=O) groups is 1. The summed E-state index contributed by atoms with van der Waals surface area (Å²) in [5.74, 6) is -0.668. The molecular weight excluding hydrogens is 365 g/mol. The fraction of sp³-hybridized carbons (Fsp3) is 0.231. The number of anilines is 1. The number of carbonyl (C=O) groups excluding carboxylic acids is 1. The van der Waals surface area contributed by atoms with Crippen LogP contribution in [0.4, 0.5) is 11.4 Å². The number of benzene rings is 1. The van der Waals surface area contributed by atoms with Crippen molar-refractivity contribution in [3.8, 4) is 0 Å². The minimum Gasteiger partial charge on any atom is -0.462 e. The third-order valence-electron chi connectivity index (χ3n) is 2.74. The van der Waals surface area contributed by atoms with Crippen molar-refractivity contribution in [2.75, 3.05) is 11.9 Å². The van der Waals surface area contributed by atoms with Gasteiger partial charge in [0.15, 0.2) is 4.47 Å². The van der Waals surface area contributed by atoms with E-state index in [-0.39, 0.29) is 35.1 Å². The quantitative estimate of drug-likeness (QED) is 0.462. The van der Waals surface area contributed by atoms with Crippen LogP contribution in [0.2, 0.25) is 9.49 Å². The maximum atomic E-state index is 11.7. The highest BCUT2D eigenvalue weighted by atomic mass is 35.5. The number of hydrogen-bond acceptors (Lipinski definition) is 7. The molecule has 1 aromatic heterocycles. The van der Waals surface area contributed by atoms with E-state index >= 15 is 0 Å². The van der Waals surface area contributed by atoms with Gasteiger partial charge in [-0.25, -0.2) is 9.78 Å². The number of nitrogens with one attached hydrogen (secondary N) is 1. The first kappa shape index (κ1) is 17.5. The highest BCUT2D eigenvalue weighted by molar-refractivity contribution is 7.15. The van der Waals surface area contributed by atoms with Crippen LogP contribution >= 0.6 is 34.5 Å². The number of halogens is 2. The second kappa shape index (κ2) is 7.58. The molecule has 0 saturated heterocycles. The molecule has 1 aromatic carbocycles. The lowest BCUT2D eigenvalue weighted by molar-refractivity contribution is -0.384. The molecule has 0 aliphatic heterocycles. The summed E-state index contributed by atoms with van der Waals surface area (Å²) >= 11 is 13.1. The van der Waals surface area contributed by atoms with E-state index in [1.54, 1.807) is 13.1 Å². The Labute approximate surface area is 145 Å². The summed E-state index contributed by atoms with van der Waals surface area (Å²) in [6, 6.07) is 2.46. The Hall–Kier alpha value is -1.90. The highest BCUT2D eigenvalue weighted by Gasteiger charge is 2.22. The predicted molar refractivity (Wildman–Crippen MR) is 88.5 cm³/mol. The zero-order valence-corrected chi connectivity index (χ0v) is 14.2. The van der Waals surface area contributed by atoms with Gasteiger partial charge in [0.1, 0.15) is 5.69 Å². The Morgan fingerprint density at radius 2 is 2.22 bits per heavy atom. The second-order valence-electron chi connectivity index (χ2n) is 4.26. The smallest absolute Gasteiger partial charge is 0.338 e. The summed E-state index contributed by atoms with van der Waals surface area (Å²) in [6.07, 6.45) is 1.56. The summed E-state index contributed by atoms with van der Waals surface area (Å²) in [5, 5.41) is 14.2. The van der Waals surface area contributed by atoms with Gasteiger partial charge in [-0.3, -0.25) is 10.1 Å². The van der Waals surface area contributed by atoms with Crippen LogP contribution in [0.25, 0.3) is 0 Å². The summed E-state index contributed by atoms with van der Waals surface area (Å²) in [5.41, 5.74) is -0.166. The molecule has 122 valence electrons. The van der Waals surface area contributed by atoms with Crippen LogP contribution in [-0.2, 0) is 11.3 Å². The number of nitro groups is 1. The van der Waals surface area contributed by atoms with E-state index < -0.39 is 10.9 Å². The molecule has 0 saturated carbocycles. The highest BCUT2D eigenvalue weighted by Crippen LogP contribution is 2.34. The van der Waals surface area contributed by atoms with E-state index in [0.717, 1.165) is 10.9 Å². The van der Waals surface area contributed by atoms with E-state index in [1.165, 1.54) is 17.4 Å². The molecule has 0 bridgehead atoms. The first-order valence-corrected chi connectivity index (χ1v) is 7.98. The topological polar surface area (TPSA) is 94.4 Å². The van der Waals surface area contributed by atoms with Crippen molar-refractivity contribution in [2.45, 2.75) is 13.5 Å². The van der Waals surface area contributed by atoms with Gasteiger partial charge >= 0.3 is 5.97 Å². The van der Waals surface area contributed by atoms with Crippen LogP contribution in [0.1, 0.15) is 22.2 Å². The summed E-state index contributed by atoms with van der Waals surface area (Å²) < 4.78 is 5.20. The standard InChI is InChI=1S/C13H11Cl2N3O4S/c1-2-22-12(19)7-3-9(14)11(10(4-7)18(20)21)16-5-8-6-17-13(15)23-8/h3-4,6,16H,2,5H2,1H3. The van der Waals surface area contributed by atoms with Crippen LogP contribution in [0.3, 0.4) is 0 Å². The molecule has 10 heteroatoms. The molecule has 0 radical (unpaired) electrons. The Kier molecular flexibility index (Phi) is 5.75. The first-order valence-electron chi connectivity index (χ1n) is 6.41. The van der Waals surface area contributed by atoms with Gasteiger partial charge in [-0.1, -0.05) is 23.2 Å². The number of rotatable bonds is 6. The van der Waals surface area contributed by atoms with Crippen LogP contribution in [-0.4, -0.2) is 22.5 Å². The van der Waals surface area contributed by atoms with Crippen molar-refractivity contribution in [1.82, 2.24) is 4.98 Å². The van der Waals surface area contributed by atoms with Crippen molar-refractivity contribution >= 4 is 51.9 Å². The number of thiazole rings is 1. The van der Waals surface area contributed by atoms with Gasteiger partial charge in [-0.2, -0.15) is 0 Å². The van der Waals surface area contributed by atoms with Crippen LogP contribution in [0.5, 0.6) is 0 Å². The minimum atomic E-state index is -0.668. The molecular formula is C13H11Cl2N3O4S. The number of esters is 1. The van der Waals surface area contributed by atoms with Gasteiger partial charge in [-0.05, 0) is 13.0 Å². The van der Waals surface area contributed by atoms with Crippen molar-refractivity contribution in [2.24, 2.45) is 0 Å². The Morgan fingerprint density at radius 1 is 1.48 bits per heavy atom. The van der Waals surface area contributed by atoms with Gasteiger partial charge in [0.25, 0.3) is 5.69 Å². The summed E-state index contributed by atoms with van der Waals surface area (Å²) in [4.78, 5) is 27.0. The molecule has 1 heterocycles. The Bertz CT molecular complexity index is 751. The fourth-order valence-electron chi connectivity index (χ4n) is 1.78. The summed E-state index contributed by atoms with van der Waals surface area (Å²) in [7, 11) is 0. The maximum Gasteiger partial charge on any atom is 0.338 e.